The molecular weight excluding hydrogens is 193 g/mol. The van der Waals surface area contributed by atoms with Gasteiger partial charge in [0.15, 0.2) is 0 Å². The van der Waals surface area contributed by atoms with Crippen LogP contribution in [0.25, 0.3) is 0 Å². The molecule has 0 unspecified atom stereocenters. The zero-order valence-electron chi connectivity index (χ0n) is 5.73. The van der Waals surface area contributed by atoms with E-state index in [0.29, 0.717) is 0 Å². The van der Waals surface area contributed by atoms with E-state index in [1.807, 2.05) is 0 Å². The Morgan fingerprint density at radius 2 is 1.92 bits per heavy atom. The molecule has 66 valence electrons. The lowest BCUT2D eigenvalue weighted by Crippen LogP contribution is -2.04. The van der Waals surface area contributed by atoms with Crippen molar-refractivity contribution in [3.05, 3.63) is 29.8 Å². The van der Waals surface area contributed by atoms with Crippen molar-refractivity contribution in [1.82, 2.24) is 0 Å². The number of hydrogen-bond donors (Lipinski definition) is 0. The van der Waals surface area contributed by atoms with Crippen molar-refractivity contribution in [1.29, 1.82) is 0 Å². The minimum absolute atomic E-state index is 0.0218. The fraction of sp³-hybridized carbons (Fsp3) is 0.143. The second-order valence-corrected chi connectivity index (χ2v) is 2.26. The van der Waals surface area contributed by atoms with Gasteiger partial charge in [0.05, 0.1) is 5.56 Å². The van der Waals surface area contributed by atoms with Crippen LogP contribution in [0.2, 0.25) is 0 Å². The Morgan fingerprint density at radius 1 is 1.25 bits per heavy atom. The van der Waals surface area contributed by atoms with Gasteiger partial charge in [-0.3, -0.25) is 0 Å². The summed E-state index contributed by atoms with van der Waals surface area (Å²) in [5.74, 6) is -0.0218. The predicted octanol–water partition coefficient (Wildman–Crippen LogP) is 3.24. The highest BCUT2D eigenvalue weighted by Crippen LogP contribution is 2.31. The second-order valence-electron chi connectivity index (χ2n) is 2.10. The third-order valence-electron chi connectivity index (χ3n) is 1.25. The molecule has 5 heteroatoms. The first kappa shape index (κ1) is 9.19. The Labute approximate surface area is 71.9 Å². The van der Waals surface area contributed by atoms with Gasteiger partial charge < -0.3 is 4.29 Å². The molecular formula is C7H4ClF3O. The normalized spacial score (nSPS) is 11.3. The first-order valence-corrected chi connectivity index (χ1v) is 3.31. The van der Waals surface area contributed by atoms with E-state index >= 15 is 0 Å². The summed E-state index contributed by atoms with van der Waals surface area (Å²) in [6.45, 7) is 0. The lowest BCUT2D eigenvalue weighted by Gasteiger charge is -2.06. The molecule has 1 aromatic carbocycles. The number of hydrogen-bond acceptors (Lipinski definition) is 1. The molecule has 1 nitrogen and oxygen atoms in total. The molecule has 12 heavy (non-hydrogen) atoms. The van der Waals surface area contributed by atoms with Gasteiger partial charge in [-0.05, 0) is 18.2 Å². The zero-order chi connectivity index (χ0) is 9.19. The van der Waals surface area contributed by atoms with Crippen LogP contribution in [0.5, 0.6) is 5.75 Å². The van der Waals surface area contributed by atoms with Gasteiger partial charge in [-0.25, -0.2) is 0 Å². The summed E-state index contributed by atoms with van der Waals surface area (Å²) in [6, 6.07) is 4.33. The van der Waals surface area contributed by atoms with E-state index in [9.17, 15) is 13.2 Å². The van der Waals surface area contributed by atoms with E-state index in [2.05, 4.69) is 4.29 Å². The molecule has 0 aliphatic carbocycles. The molecule has 0 radical (unpaired) electrons. The van der Waals surface area contributed by atoms with Gasteiger partial charge in [0.1, 0.15) is 17.6 Å². The number of alkyl halides is 3. The lowest BCUT2D eigenvalue weighted by molar-refractivity contribution is -0.137. The van der Waals surface area contributed by atoms with E-state index in [-0.39, 0.29) is 5.75 Å². The Balaban J connectivity index is 3.02. The number of rotatable bonds is 1. The van der Waals surface area contributed by atoms with Crippen LogP contribution in [0.4, 0.5) is 13.2 Å². The highest BCUT2D eigenvalue weighted by Gasteiger charge is 2.30. The molecule has 0 heterocycles. The zero-order valence-corrected chi connectivity index (χ0v) is 6.49. The Bertz CT molecular complexity index is 272. The SMILES string of the molecule is FC(F)(F)c1cccc(OCl)c1. The smallest absolute Gasteiger partial charge is 0.386 e. The van der Waals surface area contributed by atoms with E-state index in [1.165, 1.54) is 12.1 Å². The monoisotopic (exact) mass is 196 g/mol. The predicted molar refractivity (Wildman–Crippen MR) is 37.9 cm³/mol. The lowest BCUT2D eigenvalue weighted by atomic mass is 10.2. The average molecular weight is 197 g/mol. The van der Waals surface area contributed by atoms with Gasteiger partial charge in [0.25, 0.3) is 0 Å². The Morgan fingerprint density at radius 3 is 2.42 bits per heavy atom. The minimum Gasteiger partial charge on any atom is -0.386 e. The van der Waals surface area contributed by atoms with Crippen molar-refractivity contribution in [2.75, 3.05) is 0 Å². The summed E-state index contributed by atoms with van der Waals surface area (Å²) in [5, 5.41) is 0. The van der Waals surface area contributed by atoms with Gasteiger partial charge in [-0.1, -0.05) is 6.07 Å². The highest BCUT2D eigenvalue weighted by molar-refractivity contribution is 6.09. The molecule has 0 aromatic heterocycles. The van der Waals surface area contributed by atoms with Crippen LogP contribution in [0, 0.1) is 0 Å². The summed E-state index contributed by atoms with van der Waals surface area (Å²) >= 11 is 4.88. The summed E-state index contributed by atoms with van der Waals surface area (Å²) < 4.78 is 40.1. The number of halogens is 4. The molecule has 0 aliphatic rings. The maximum absolute atomic E-state index is 12.0. The van der Waals surface area contributed by atoms with E-state index in [1.54, 1.807) is 0 Å². The summed E-state index contributed by atoms with van der Waals surface area (Å²) in [6.07, 6.45) is -4.36. The standard InChI is InChI=1S/C7H4ClF3O/c8-12-6-3-1-2-5(4-6)7(9,10)11/h1-4H. The first-order valence-electron chi connectivity index (χ1n) is 3.00. The molecule has 0 saturated carbocycles. The van der Waals surface area contributed by atoms with Gasteiger partial charge in [-0.2, -0.15) is 13.2 Å². The molecule has 0 saturated heterocycles. The molecule has 1 aromatic rings. The van der Waals surface area contributed by atoms with Crippen LogP contribution in [0.3, 0.4) is 0 Å². The fourth-order valence-electron chi connectivity index (χ4n) is 0.720. The minimum atomic E-state index is -4.36. The highest BCUT2D eigenvalue weighted by atomic mass is 35.5. The van der Waals surface area contributed by atoms with Crippen LogP contribution in [-0.4, -0.2) is 0 Å². The van der Waals surface area contributed by atoms with E-state index < -0.39 is 11.7 Å². The van der Waals surface area contributed by atoms with Crippen molar-refractivity contribution in [2.45, 2.75) is 6.18 Å². The van der Waals surface area contributed by atoms with Crippen LogP contribution < -0.4 is 4.29 Å². The maximum Gasteiger partial charge on any atom is 0.416 e. The van der Waals surface area contributed by atoms with Gasteiger partial charge in [0, 0.05) is 0 Å². The topological polar surface area (TPSA) is 9.23 Å². The van der Waals surface area contributed by atoms with E-state index in [4.69, 9.17) is 11.9 Å². The van der Waals surface area contributed by atoms with Crippen molar-refractivity contribution in [3.8, 4) is 5.75 Å². The van der Waals surface area contributed by atoms with Gasteiger partial charge >= 0.3 is 6.18 Å². The summed E-state index contributed by atoms with van der Waals surface area (Å²) in [5.41, 5.74) is -0.777. The fourth-order valence-corrected chi connectivity index (χ4v) is 0.816. The Kier molecular flexibility index (Phi) is 2.47. The largest absolute Gasteiger partial charge is 0.416 e. The van der Waals surface area contributed by atoms with Crippen molar-refractivity contribution < 1.29 is 17.5 Å². The average Bonchev–Trinajstić information content (AvgIpc) is 2.03. The third kappa shape index (κ3) is 2.04. The van der Waals surface area contributed by atoms with Crippen LogP contribution in [0.1, 0.15) is 5.56 Å². The molecule has 0 bridgehead atoms. The van der Waals surface area contributed by atoms with Crippen molar-refractivity contribution in [3.63, 3.8) is 0 Å². The second kappa shape index (κ2) is 3.23. The molecule has 1 rings (SSSR count). The van der Waals surface area contributed by atoms with E-state index in [0.717, 1.165) is 12.1 Å². The van der Waals surface area contributed by atoms with Crippen LogP contribution in [-0.2, 0) is 6.18 Å². The van der Waals surface area contributed by atoms with Gasteiger partial charge in [0.2, 0.25) is 0 Å². The first-order chi connectivity index (χ1) is 5.54. The number of benzene rings is 1. The quantitative estimate of drug-likeness (QED) is 0.670. The molecule has 0 aliphatic heterocycles. The molecule has 0 N–H and O–H groups in total. The molecule has 0 fully saturated rings. The van der Waals surface area contributed by atoms with Crippen LogP contribution >= 0.6 is 11.9 Å². The Hall–Kier alpha value is -0.900. The van der Waals surface area contributed by atoms with Crippen molar-refractivity contribution in [2.24, 2.45) is 0 Å². The summed E-state index contributed by atoms with van der Waals surface area (Å²) in [4.78, 5) is 0. The van der Waals surface area contributed by atoms with Crippen LogP contribution in [0.15, 0.2) is 24.3 Å². The molecule has 0 spiro atoms. The summed E-state index contributed by atoms with van der Waals surface area (Å²) in [7, 11) is 0. The maximum atomic E-state index is 12.0. The molecule has 0 amide bonds. The van der Waals surface area contributed by atoms with Gasteiger partial charge in [-0.15, -0.1) is 0 Å². The third-order valence-corrected chi connectivity index (χ3v) is 1.43. The van der Waals surface area contributed by atoms with Crippen molar-refractivity contribution >= 4 is 11.9 Å². The molecule has 0 atom stereocenters.